The molecule has 5 atom stereocenters. The van der Waals surface area contributed by atoms with Crippen molar-refractivity contribution in [2.45, 2.75) is 50.8 Å². The number of likely N-dealkylation sites (tertiary alicyclic amines) is 1. The van der Waals surface area contributed by atoms with Crippen LogP contribution in [-0.4, -0.2) is 69.0 Å². The molecule has 2 heterocycles. The number of aliphatic hydroxyl groups excluding tert-OH is 1. The van der Waals surface area contributed by atoms with Crippen LogP contribution in [-0.2, 0) is 20.9 Å². The monoisotopic (exact) mass is 403 g/mol. The van der Waals surface area contributed by atoms with Gasteiger partial charge in [-0.05, 0) is 49.1 Å². The standard InChI is InChI=1S/C20H27N3O3.CH2O2/c1-22(17-5-14-7-18(24)8-15(14)6-17)20(26)16-9-19(25)23(12-16)11-13-3-2-4-21-10-13;2-1-3/h2-4,10,14-18,24H,5-9,11-12H2,1H3;1H,(H,2,3)/t14-,15+,16?,17?,18?;. The summed E-state index contributed by atoms with van der Waals surface area (Å²) in [5, 5.41) is 16.7. The van der Waals surface area contributed by atoms with Gasteiger partial charge in [-0.2, -0.15) is 0 Å². The van der Waals surface area contributed by atoms with E-state index in [1.165, 1.54) is 0 Å². The van der Waals surface area contributed by atoms with Crippen LogP contribution in [0.25, 0.3) is 0 Å². The zero-order chi connectivity index (χ0) is 21.0. The minimum absolute atomic E-state index is 0.0482. The maximum atomic E-state index is 12.9. The topological polar surface area (TPSA) is 111 Å². The van der Waals surface area contributed by atoms with Gasteiger partial charge < -0.3 is 20.0 Å². The lowest BCUT2D eigenvalue weighted by molar-refractivity contribution is -0.136. The van der Waals surface area contributed by atoms with E-state index in [0.717, 1.165) is 31.2 Å². The van der Waals surface area contributed by atoms with Crippen LogP contribution in [0.5, 0.6) is 0 Å². The number of fused-ring (bicyclic) bond motifs is 1. The molecule has 158 valence electrons. The van der Waals surface area contributed by atoms with Crippen molar-refractivity contribution in [3.8, 4) is 0 Å². The van der Waals surface area contributed by atoms with Gasteiger partial charge in [-0.3, -0.25) is 19.4 Å². The first-order chi connectivity index (χ1) is 13.9. The van der Waals surface area contributed by atoms with Gasteiger partial charge in [-0.15, -0.1) is 0 Å². The first-order valence-electron chi connectivity index (χ1n) is 10.1. The van der Waals surface area contributed by atoms with Gasteiger partial charge in [0.05, 0.1) is 12.0 Å². The summed E-state index contributed by atoms with van der Waals surface area (Å²) in [6.45, 7) is 0.765. The predicted molar refractivity (Wildman–Crippen MR) is 104 cm³/mol. The molecule has 1 aromatic rings. The van der Waals surface area contributed by atoms with E-state index in [1.807, 2.05) is 24.1 Å². The SMILES string of the molecule is CN(C(=O)C1CC(=O)N(Cc2cccnc2)C1)C1C[C@H]2CC(O)C[C@H]2C1.O=CO. The fourth-order valence-corrected chi connectivity index (χ4v) is 5.14. The predicted octanol–water partition coefficient (Wildman–Crippen LogP) is 1.14. The Labute approximate surface area is 170 Å². The summed E-state index contributed by atoms with van der Waals surface area (Å²) < 4.78 is 0. The van der Waals surface area contributed by atoms with E-state index in [1.54, 1.807) is 17.3 Å². The van der Waals surface area contributed by atoms with Gasteiger partial charge in [0.25, 0.3) is 6.47 Å². The molecule has 2 saturated carbocycles. The van der Waals surface area contributed by atoms with Crippen molar-refractivity contribution in [1.82, 2.24) is 14.8 Å². The van der Waals surface area contributed by atoms with Gasteiger partial charge in [0.1, 0.15) is 0 Å². The van der Waals surface area contributed by atoms with Crippen molar-refractivity contribution in [3.63, 3.8) is 0 Å². The van der Waals surface area contributed by atoms with Gasteiger partial charge >= 0.3 is 0 Å². The first-order valence-corrected chi connectivity index (χ1v) is 10.1. The van der Waals surface area contributed by atoms with Gasteiger partial charge in [-0.1, -0.05) is 6.07 Å². The number of nitrogens with zero attached hydrogens (tertiary/aromatic N) is 3. The molecule has 8 heteroatoms. The number of carboxylic acid groups (broad SMARTS) is 1. The van der Waals surface area contributed by atoms with Crippen LogP contribution in [0.15, 0.2) is 24.5 Å². The maximum absolute atomic E-state index is 12.9. The summed E-state index contributed by atoms with van der Waals surface area (Å²) in [5.41, 5.74) is 0.990. The van der Waals surface area contributed by atoms with Crippen molar-refractivity contribution < 1.29 is 24.6 Å². The number of aliphatic hydroxyl groups is 1. The second-order valence-electron chi connectivity index (χ2n) is 8.36. The highest BCUT2D eigenvalue weighted by atomic mass is 16.3. The number of hydrogen-bond acceptors (Lipinski definition) is 5. The number of aromatic nitrogens is 1. The smallest absolute Gasteiger partial charge is 0.290 e. The van der Waals surface area contributed by atoms with E-state index in [9.17, 15) is 14.7 Å². The molecule has 1 aliphatic heterocycles. The molecule has 8 nitrogen and oxygen atoms in total. The third-order valence-electron chi connectivity index (χ3n) is 6.52. The molecule has 2 amide bonds. The normalized spacial score (nSPS) is 30.5. The Balaban J connectivity index is 0.000000755. The summed E-state index contributed by atoms with van der Waals surface area (Å²) in [6.07, 6.45) is 7.37. The molecule has 2 aliphatic carbocycles. The molecule has 0 spiro atoms. The molecule has 2 N–H and O–H groups in total. The minimum Gasteiger partial charge on any atom is -0.483 e. The molecule has 3 fully saturated rings. The van der Waals surface area contributed by atoms with Crippen LogP contribution in [0.1, 0.15) is 37.7 Å². The molecule has 29 heavy (non-hydrogen) atoms. The zero-order valence-corrected chi connectivity index (χ0v) is 16.7. The van der Waals surface area contributed by atoms with E-state index in [2.05, 4.69) is 4.98 Å². The molecule has 0 bridgehead atoms. The largest absolute Gasteiger partial charge is 0.483 e. The van der Waals surface area contributed by atoms with E-state index < -0.39 is 0 Å². The third kappa shape index (κ3) is 4.93. The number of carbonyl (C=O) groups excluding carboxylic acids is 2. The van der Waals surface area contributed by atoms with Crippen LogP contribution >= 0.6 is 0 Å². The quantitative estimate of drug-likeness (QED) is 0.730. The molecule has 1 aromatic heterocycles. The Hall–Kier alpha value is -2.48. The molecular formula is C21H29N3O5. The Bertz CT molecular complexity index is 714. The van der Waals surface area contributed by atoms with Gasteiger partial charge in [0.15, 0.2) is 0 Å². The lowest BCUT2D eigenvalue weighted by Gasteiger charge is -2.28. The molecule has 1 saturated heterocycles. The van der Waals surface area contributed by atoms with Crippen LogP contribution in [0, 0.1) is 17.8 Å². The number of hydrogen-bond donors (Lipinski definition) is 2. The number of carbonyl (C=O) groups is 3. The lowest BCUT2D eigenvalue weighted by Crippen LogP contribution is -2.40. The lowest BCUT2D eigenvalue weighted by atomic mass is 10.0. The summed E-state index contributed by atoms with van der Waals surface area (Å²) >= 11 is 0. The van der Waals surface area contributed by atoms with Crippen molar-refractivity contribution in [2.24, 2.45) is 17.8 Å². The highest BCUT2D eigenvalue weighted by Gasteiger charge is 2.44. The van der Waals surface area contributed by atoms with E-state index in [4.69, 9.17) is 9.90 Å². The Morgan fingerprint density at radius 2 is 1.97 bits per heavy atom. The Kier molecular flexibility index (Phi) is 6.84. The molecule has 4 rings (SSSR count). The van der Waals surface area contributed by atoms with Crippen LogP contribution in [0.3, 0.4) is 0 Å². The first kappa shape index (κ1) is 21.2. The summed E-state index contributed by atoms with van der Waals surface area (Å²) in [7, 11) is 1.89. The average molecular weight is 403 g/mol. The summed E-state index contributed by atoms with van der Waals surface area (Å²) in [4.78, 5) is 41.4. The van der Waals surface area contributed by atoms with Gasteiger partial charge in [0, 0.05) is 45.0 Å². The molecule has 0 radical (unpaired) electrons. The van der Waals surface area contributed by atoms with Crippen LogP contribution in [0.2, 0.25) is 0 Å². The summed E-state index contributed by atoms with van der Waals surface area (Å²) in [6, 6.07) is 4.07. The highest BCUT2D eigenvalue weighted by molar-refractivity contribution is 5.89. The Morgan fingerprint density at radius 1 is 1.31 bits per heavy atom. The van der Waals surface area contributed by atoms with E-state index in [-0.39, 0.29) is 36.4 Å². The van der Waals surface area contributed by atoms with E-state index >= 15 is 0 Å². The second-order valence-corrected chi connectivity index (χ2v) is 8.36. The fraction of sp³-hybridized carbons (Fsp3) is 0.619. The molecule has 3 unspecified atom stereocenters. The van der Waals surface area contributed by atoms with Crippen LogP contribution < -0.4 is 0 Å². The summed E-state index contributed by atoms with van der Waals surface area (Å²) in [5.74, 6) is 1.01. The zero-order valence-electron chi connectivity index (χ0n) is 16.7. The number of amides is 2. The van der Waals surface area contributed by atoms with E-state index in [0.29, 0.717) is 31.3 Å². The van der Waals surface area contributed by atoms with Crippen molar-refractivity contribution in [2.75, 3.05) is 13.6 Å². The van der Waals surface area contributed by atoms with Crippen molar-refractivity contribution >= 4 is 18.3 Å². The second kappa shape index (κ2) is 9.35. The molecular weight excluding hydrogens is 374 g/mol. The van der Waals surface area contributed by atoms with Gasteiger partial charge in [0.2, 0.25) is 11.8 Å². The minimum atomic E-state index is -0.250. The van der Waals surface area contributed by atoms with Crippen molar-refractivity contribution in [3.05, 3.63) is 30.1 Å². The maximum Gasteiger partial charge on any atom is 0.290 e. The van der Waals surface area contributed by atoms with Gasteiger partial charge in [-0.25, -0.2) is 0 Å². The molecule has 0 aromatic carbocycles. The number of rotatable bonds is 4. The molecule has 3 aliphatic rings. The fourth-order valence-electron chi connectivity index (χ4n) is 5.14. The van der Waals surface area contributed by atoms with Crippen molar-refractivity contribution in [1.29, 1.82) is 0 Å². The van der Waals surface area contributed by atoms with Crippen LogP contribution in [0.4, 0.5) is 0 Å². The average Bonchev–Trinajstić information content (AvgIpc) is 3.35. The Morgan fingerprint density at radius 3 is 2.55 bits per heavy atom. The highest BCUT2D eigenvalue weighted by Crippen LogP contribution is 2.45. The number of pyridine rings is 1. The third-order valence-corrected chi connectivity index (χ3v) is 6.52.